The number of likely N-dealkylation sites (N-methyl/N-ethyl adjacent to an activating group) is 1. The Balaban J connectivity index is 1.78. The van der Waals surface area contributed by atoms with Gasteiger partial charge in [-0.2, -0.15) is 0 Å². The minimum atomic E-state index is -0.472. The standard InChI is InChI=1S/C14H22N4O2/c1-16-8-10-17(11-9-16)6-2-3-7-18-12(14(15)20)4-5-13(18)19/h12H,4-11H2,1H3,(H2,15,20). The van der Waals surface area contributed by atoms with Gasteiger partial charge in [-0.05, 0) is 13.5 Å². The molecule has 1 unspecified atom stereocenters. The molecule has 2 N–H and O–H groups in total. The third-order valence-corrected chi connectivity index (χ3v) is 3.93. The minimum Gasteiger partial charge on any atom is -0.368 e. The van der Waals surface area contributed by atoms with Crippen LogP contribution in [0.1, 0.15) is 12.8 Å². The third kappa shape index (κ3) is 3.71. The Morgan fingerprint density at radius 3 is 2.55 bits per heavy atom. The second kappa shape index (κ2) is 6.73. The molecule has 20 heavy (non-hydrogen) atoms. The van der Waals surface area contributed by atoms with Gasteiger partial charge in [-0.25, -0.2) is 0 Å². The summed E-state index contributed by atoms with van der Waals surface area (Å²) in [5.41, 5.74) is 5.29. The molecule has 2 amide bonds. The zero-order valence-corrected chi connectivity index (χ0v) is 12.0. The molecule has 0 aliphatic carbocycles. The van der Waals surface area contributed by atoms with E-state index in [1.165, 1.54) is 4.90 Å². The lowest BCUT2D eigenvalue weighted by atomic mass is 10.2. The van der Waals surface area contributed by atoms with Crippen LogP contribution < -0.4 is 5.73 Å². The van der Waals surface area contributed by atoms with Crippen LogP contribution in [-0.2, 0) is 9.59 Å². The Bertz CT molecular complexity index is 432. The molecule has 6 nitrogen and oxygen atoms in total. The van der Waals surface area contributed by atoms with Crippen molar-refractivity contribution in [3.8, 4) is 11.8 Å². The summed E-state index contributed by atoms with van der Waals surface area (Å²) in [5, 5.41) is 0. The predicted molar refractivity (Wildman–Crippen MR) is 75.6 cm³/mol. The number of nitrogens with zero attached hydrogens (tertiary/aromatic N) is 3. The Morgan fingerprint density at radius 1 is 1.25 bits per heavy atom. The first-order valence-electron chi connectivity index (χ1n) is 7.03. The molecule has 0 aromatic heterocycles. The molecule has 0 bridgehead atoms. The van der Waals surface area contributed by atoms with Crippen molar-refractivity contribution in [2.75, 3.05) is 46.3 Å². The molecule has 0 aromatic rings. The van der Waals surface area contributed by atoms with Gasteiger partial charge >= 0.3 is 0 Å². The van der Waals surface area contributed by atoms with Gasteiger partial charge in [0.2, 0.25) is 11.8 Å². The molecule has 2 saturated heterocycles. The molecule has 0 radical (unpaired) electrons. The maximum absolute atomic E-state index is 11.7. The molecule has 0 aromatic carbocycles. The number of primary amides is 1. The lowest BCUT2D eigenvalue weighted by Crippen LogP contribution is -2.44. The van der Waals surface area contributed by atoms with Crippen molar-refractivity contribution in [3.05, 3.63) is 0 Å². The van der Waals surface area contributed by atoms with E-state index in [1.54, 1.807) is 0 Å². The fourth-order valence-corrected chi connectivity index (χ4v) is 2.54. The van der Waals surface area contributed by atoms with E-state index in [0.29, 0.717) is 19.4 Å². The molecular weight excluding hydrogens is 256 g/mol. The molecule has 110 valence electrons. The summed E-state index contributed by atoms with van der Waals surface area (Å²) in [5.74, 6) is 5.62. The number of carbonyl (C=O) groups excluding carboxylic acids is 2. The third-order valence-electron chi connectivity index (χ3n) is 3.93. The van der Waals surface area contributed by atoms with E-state index >= 15 is 0 Å². The first kappa shape index (κ1) is 14.8. The van der Waals surface area contributed by atoms with Gasteiger partial charge in [0.05, 0.1) is 13.1 Å². The second-order valence-corrected chi connectivity index (χ2v) is 5.41. The number of rotatable bonds is 3. The summed E-state index contributed by atoms with van der Waals surface area (Å²) >= 11 is 0. The highest BCUT2D eigenvalue weighted by Gasteiger charge is 2.33. The summed E-state index contributed by atoms with van der Waals surface area (Å²) in [6.45, 7) is 5.21. The Morgan fingerprint density at radius 2 is 1.90 bits per heavy atom. The van der Waals surface area contributed by atoms with Crippen LogP contribution in [0, 0.1) is 11.8 Å². The summed E-state index contributed by atoms with van der Waals surface area (Å²) < 4.78 is 0. The number of hydrogen-bond acceptors (Lipinski definition) is 4. The molecule has 2 rings (SSSR count). The van der Waals surface area contributed by atoms with Crippen molar-refractivity contribution in [3.63, 3.8) is 0 Å². The van der Waals surface area contributed by atoms with Gasteiger partial charge in [0.25, 0.3) is 0 Å². The van der Waals surface area contributed by atoms with E-state index < -0.39 is 11.9 Å². The first-order valence-corrected chi connectivity index (χ1v) is 7.03. The maximum atomic E-state index is 11.7. The van der Waals surface area contributed by atoms with E-state index in [0.717, 1.165) is 32.7 Å². The molecule has 2 aliphatic heterocycles. The van der Waals surface area contributed by atoms with Crippen molar-refractivity contribution in [1.82, 2.24) is 14.7 Å². The summed E-state index contributed by atoms with van der Waals surface area (Å²) in [7, 11) is 2.12. The van der Waals surface area contributed by atoms with Crippen LogP contribution in [0.4, 0.5) is 0 Å². The number of piperazine rings is 1. The monoisotopic (exact) mass is 278 g/mol. The molecular formula is C14H22N4O2. The van der Waals surface area contributed by atoms with Gasteiger partial charge in [0.15, 0.2) is 0 Å². The van der Waals surface area contributed by atoms with Crippen molar-refractivity contribution in [2.24, 2.45) is 5.73 Å². The molecule has 2 aliphatic rings. The SMILES string of the molecule is CN1CCN(CC#CCN2C(=O)CCC2C(N)=O)CC1. The summed E-state index contributed by atoms with van der Waals surface area (Å²) in [6.07, 6.45) is 0.919. The first-order chi connectivity index (χ1) is 9.58. The van der Waals surface area contributed by atoms with Crippen LogP contribution in [-0.4, -0.2) is 78.9 Å². The van der Waals surface area contributed by atoms with Gasteiger partial charge < -0.3 is 15.5 Å². The molecule has 6 heteroatoms. The van der Waals surface area contributed by atoms with Crippen LogP contribution in [0.3, 0.4) is 0 Å². The zero-order chi connectivity index (χ0) is 14.5. The molecule has 2 heterocycles. The largest absolute Gasteiger partial charge is 0.368 e. The quantitative estimate of drug-likeness (QED) is 0.653. The number of carbonyl (C=O) groups is 2. The maximum Gasteiger partial charge on any atom is 0.240 e. The van der Waals surface area contributed by atoms with Gasteiger partial charge in [0, 0.05) is 32.6 Å². The van der Waals surface area contributed by atoms with E-state index in [9.17, 15) is 9.59 Å². The Kier molecular flexibility index (Phi) is 4.99. The number of hydrogen-bond donors (Lipinski definition) is 1. The molecule has 0 spiro atoms. The number of amides is 2. The van der Waals surface area contributed by atoms with Gasteiger partial charge in [0.1, 0.15) is 6.04 Å². The fourth-order valence-electron chi connectivity index (χ4n) is 2.54. The topological polar surface area (TPSA) is 69.9 Å². The summed E-state index contributed by atoms with van der Waals surface area (Å²) in [4.78, 5) is 29.0. The lowest BCUT2D eigenvalue weighted by molar-refractivity contribution is -0.133. The fraction of sp³-hybridized carbons (Fsp3) is 0.714. The van der Waals surface area contributed by atoms with E-state index in [2.05, 4.69) is 28.7 Å². The Labute approximate surface area is 119 Å². The second-order valence-electron chi connectivity index (χ2n) is 5.41. The van der Waals surface area contributed by atoms with E-state index in [-0.39, 0.29) is 5.91 Å². The number of nitrogens with two attached hydrogens (primary N) is 1. The van der Waals surface area contributed by atoms with Crippen LogP contribution >= 0.6 is 0 Å². The average Bonchev–Trinajstić information content (AvgIpc) is 2.78. The van der Waals surface area contributed by atoms with E-state index in [4.69, 9.17) is 5.73 Å². The number of likely N-dealkylation sites (tertiary alicyclic amines) is 1. The van der Waals surface area contributed by atoms with Crippen molar-refractivity contribution in [1.29, 1.82) is 0 Å². The normalized spacial score (nSPS) is 24.6. The molecule has 1 atom stereocenters. The highest BCUT2D eigenvalue weighted by Crippen LogP contribution is 2.17. The van der Waals surface area contributed by atoms with Crippen LogP contribution in [0.2, 0.25) is 0 Å². The predicted octanol–water partition coefficient (Wildman–Crippen LogP) is -1.29. The van der Waals surface area contributed by atoms with Crippen molar-refractivity contribution in [2.45, 2.75) is 18.9 Å². The smallest absolute Gasteiger partial charge is 0.240 e. The van der Waals surface area contributed by atoms with Crippen LogP contribution in [0.15, 0.2) is 0 Å². The molecule has 0 saturated carbocycles. The van der Waals surface area contributed by atoms with Gasteiger partial charge in [-0.3, -0.25) is 14.5 Å². The van der Waals surface area contributed by atoms with Crippen LogP contribution in [0.25, 0.3) is 0 Å². The Hall–Kier alpha value is -1.58. The van der Waals surface area contributed by atoms with Gasteiger partial charge in [-0.1, -0.05) is 11.8 Å². The minimum absolute atomic E-state index is 0.0253. The summed E-state index contributed by atoms with van der Waals surface area (Å²) in [6, 6.07) is -0.472. The average molecular weight is 278 g/mol. The highest BCUT2D eigenvalue weighted by atomic mass is 16.2. The zero-order valence-electron chi connectivity index (χ0n) is 12.0. The van der Waals surface area contributed by atoms with Crippen molar-refractivity contribution >= 4 is 11.8 Å². The van der Waals surface area contributed by atoms with Gasteiger partial charge in [-0.15, -0.1) is 0 Å². The van der Waals surface area contributed by atoms with Crippen molar-refractivity contribution < 1.29 is 9.59 Å². The highest BCUT2D eigenvalue weighted by molar-refractivity contribution is 5.90. The lowest BCUT2D eigenvalue weighted by Gasteiger charge is -2.30. The van der Waals surface area contributed by atoms with Crippen LogP contribution in [0.5, 0.6) is 0 Å². The van der Waals surface area contributed by atoms with E-state index in [1.807, 2.05) is 0 Å². The molecule has 2 fully saturated rings.